The van der Waals surface area contributed by atoms with Gasteiger partial charge >= 0.3 is 0 Å². The van der Waals surface area contributed by atoms with Crippen LogP contribution in [0.1, 0.15) is 41.0 Å². The first-order valence-corrected chi connectivity index (χ1v) is 7.38. The molecule has 4 heteroatoms. The van der Waals surface area contributed by atoms with Crippen LogP contribution < -0.4 is 10.2 Å². The zero-order valence-corrected chi connectivity index (χ0v) is 13.7. The van der Waals surface area contributed by atoms with Crippen molar-refractivity contribution >= 4 is 11.6 Å². The molecule has 114 valence electrons. The van der Waals surface area contributed by atoms with Crippen molar-refractivity contribution in [2.75, 3.05) is 30.5 Å². The van der Waals surface area contributed by atoms with Crippen molar-refractivity contribution in [1.82, 2.24) is 4.98 Å². The zero-order valence-electron chi connectivity index (χ0n) is 13.7. The summed E-state index contributed by atoms with van der Waals surface area (Å²) >= 11 is 0. The summed E-state index contributed by atoms with van der Waals surface area (Å²) in [7, 11) is 1.74. The van der Waals surface area contributed by atoms with Crippen LogP contribution in [0, 0.1) is 0 Å². The summed E-state index contributed by atoms with van der Waals surface area (Å²) < 4.78 is 5.21. The first kappa shape index (κ1) is 16.8. The number of nitrogens with zero attached hydrogens (tertiary/aromatic N) is 2. The number of hydrogen-bond acceptors (Lipinski definition) is 4. The van der Waals surface area contributed by atoms with E-state index in [1.54, 1.807) is 7.11 Å². The Bertz CT molecular complexity index is 401. The molecule has 1 rings (SSSR count). The highest BCUT2D eigenvalue weighted by atomic mass is 16.5. The highest BCUT2D eigenvalue weighted by Gasteiger charge is 2.16. The normalized spacial score (nSPS) is 13.1. The monoisotopic (exact) mass is 279 g/mol. The van der Waals surface area contributed by atoms with E-state index in [0.29, 0.717) is 12.6 Å². The molecule has 0 bridgehead atoms. The number of nitrogens with one attached hydrogen (secondary N) is 1. The molecule has 4 nitrogen and oxygen atoms in total. The lowest BCUT2D eigenvalue weighted by Crippen LogP contribution is -2.36. The van der Waals surface area contributed by atoms with Gasteiger partial charge in [-0.05, 0) is 46.2 Å². The minimum Gasteiger partial charge on any atom is -0.383 e. The molecule has 1 unspecified atom stereocenters. The van der Waals surface area contributed by atoms with Crippen LogP contribution in [0.5, 0.6) is 0 Å². The predicted octanol–water partition coefficient (Wildman–Crippen LogP) is 3.54. The van der Waals surface area contributed by atoms with Crippen molar-refractivity contribution in [3.8, 4) is 0 Å². The van der Waals surface area contributed by atoms with Gasteiger partial charge in [-0.2, -0.15) is 0 Å². The first-order valence-electron chi connectivity index (χ1n) is 7.38. The molecule has 1 atom stereocenters. The van der Waals surface area contributed by atoms with Gasteiger partial charge < -0.3 is 15.0 Å². The Labute approximate surface area is 123 Å². The lowest BCUT2D eigenvalue weighted by molar-refractivity contribution is 0.203. The molecule has 1 N–H and O–H groups in total. The molecular formula is C16H29N3O. The molecule has 20 heavy (non-hydrogen) atoms. The maximum absolute atomic E-state index is 5.21. The molecule has 0 saturated heterocycles. The molecule has 0 fully saturated rings. The summed E-state index contributed by atoms with van der Waals surface area (Å²) in [5.74, 6) is 1.92. The highest BCUT2D eigenvalue weighted by Crippen LogP contribution is 2.20. The number of aromatic nitrogens is 1. The quantitative estimate of drug-likeness (QED) is 0.828. The Morgan fingerprint density at radius 2 is 2.05 bits per heavy atom. The molecule has 0 aromatic carbocycles. The van der Waals surface area contributed by atoms with Crippen molar-refractivity contribution in [2.45, 2.75) is 52.6 Å². The summed E-state index contributed by atoms with van der Waals surface area (Å²) in [6.45, 7) is 12.4. The van der Waals surface area contributed by atoms with Crippen LogP contribution >= 0.6 is 0 Å². The number of methoxy groups -OCH3 is 1. The third-order valence-electron chi connectivity index (χ3n) is 3.19. The van der Waals surface area contributed by atoms with Gasteiger partial charge in [0.1, 0.15) is 11.6 Å². The van der Waals surface area contributed by atoms with E-state index in [4.69, 9.17) is 9.72 Å². The third-order valence-corrected chi connectivity index (χ3v) is 3.19. The van der Waals surface area contributed by atoms with Crippen molar-refractivity contribution in [2.24, 2.45) is 0 Å². The van der Waals surface area contributed by atoms with Crippen molar-refractivity contribution in [3.05, 3.63) is 18.2 Å². The Kier molecular flexibility index (Phi) is 6.27. The summed E-state index contributed by atoms with van der Waals surface area (Å²) in [5, 5.41) is 3.42. The molecule has 0 spiro atoms. The van der Waals surface area contributed by atoms with Gasteiger partial charge in [0.2, 0.25) is 0 Å². The standard InChI is InChI=1S/C16H29N3O/c1-7-13(2)19(11-12-20-6)15-10-8-9-14(17-15)18-16(3,4)5/h8-10,13H,7,11-12H2,1-6H3,(H,17,18). The average molecular weight is 279 g/mol. The Hall–Kier alpha value is -1.29. The van der Waals surface area contributed by atoms with E-state index in [2.05, 4.69) is 57.0 Å². The van der Waals surface area contributed by atoms with E-state index in [1.807, 2.05) is 6.07 Å². The Morgan fingerprint density at radius 3 is 2.60 bits per heavy atom. The average Bonchev–Trinajstić information content (AvgIpc) is 2.37. The predicted molar refractivity (Wildman–Crippen MR) is 86.6 cm³/mol. The van der Waals surface area contributed by atoms with Crippen LogP contribution in [0.25, 0.3) is 0 Å². The van der Waals surface area contributed by atoms with Gasteiger partial charge in [0.15, 0.2) is 0 Å². The fraction of sp³-hybridized carbons (Fsp3) is 0.688. The molecule has 0 aliphatic heterocycles. The fourth-order valence-electron chi connectivity index (χ4n) is 2.01. The fourth-order valence-corrected chi connectivity index (χ4v) is 2.01. The molecule has 0 aliphatic rings. The van der Waals surface area contributed by atoms with Gasteiger partial charge in [-0.1, -0.05) is 13.0 Å². The minimum atomic E-state index is 0.0132. The van der Waals surface area contributed by atoms with E-state index in [0.717, 1.165) is 24.6 Å². The Balaban J connectivity index is 2.92. The van der Waals surface area contributed by atoms with Gasteiger partial charge in [-0.3, -0.25) is 0 Å². The van der Waals surface area contributed by atoms with Crippen LogP contribution in [0.2, 0.25) is 0 Å². The number of ether oxygens (including phenoxy) is 1. The van der Waals surface area contributed by atoms with Gasteiger partial charge in [0, 0.05) is 25.2 Å². The van der Waals surface area contributed by atoms with Crippen LogP contribution in [0.15, 0.2) is 18.2 Å². The molecule has 0 saturated carbocycles. The summed E-state index contributed by atoms with van der Waals surface area (Å²) in [5.41, 5.74) is 0.0132. The summed E-state index contributed by atoms with van der Waals surface area (Å²) in [4.78, 5) is 7.04. The maximum Gasteiger partial charge on any atom is 0.131 e. The third kappa shape index (κ3) is 5.37. The topological polar surface area (TPSA) is 37.4 Å². The van der Waals surface area contributed by atoms with Crippen LogP contribution in [0.4, 0.5) is 11.6 Å². The Morgan fingerprint density at radius 1 is 1.35 bits per heavy atom. The van der Waals surface area contributed by atoms with E-state index >= 15 is 0 Å². The second-order valence-corrected chi connectivity index (χ2v) is 6.20. The van der Waals surface area contributed by atoms with Crippen LogP contribution in [-0.4, -0.2) is 36.8 Å². The van der Waals surface area contributed by atoms with Gasteiger partial charge in [-0.15, -0.1) is 0 Å². The van der Waals surface area contributed by atoms with E-state index in [9.17, 15) is 0 Å². The van der Waals surface area contributed by atoms with Crippen molar-refractivity contribution < 1.29 is 4.74 Å². The van der Waals surface area contributed by atoms with Crippen molar-refractivity contribution in [1.29, 1.82) is 0 Å². The first-order chi connectivity index (χ1) is 9.37. The summed E-state index contributed by atoms with van der Waals surface area (Å²) in [6.07, 6.45) is 1.09. The lowest BCUT2D eigenvalue weighted by atomic mass is 10.1. The molecule has 0 aliphatic carbocycles. The highest BCUT2D eigenvalue weighted by molar-refractivity contribution is 5.48. The largest absolute Gasteiger partial charge is 0.383 e. The SMILES string of the molecule is CCC(C)N(CCOC)c1cccc(NC(C)(C)C)n1. The number of pyridine rings is 1. The minimum absolute atomic E-state index is 0.0132. The van der Waals surface area contributed by atoms with Crippen LogP contribution in [-0.2, 0) is 4.74 Å². The molecule has 1 aromatic heterocycles. The number of anilines is 2. The van der Waals surface area contributed by atoms with Gasteiger partial charge in [0.25, 0.3) is 0 Å². The molecule has 0 amide bonds. The second-order valence-electron chi connectivity index (χ2n) is 6.20. The maximum atomic E-state index is 5.21. The number of hydrogen-bond donors (Lipinski definition) is 1. The molecule has 1 heterocycles. The van der Waals surface area contributed by atoms with E-state index in [-0.39, 0.29) is 5.54 Å². The number of rotatable bonds is 7. The molecule has 1 aromatic rings. The van der Waals surface area contributed by atoms with Gasteiger partial charge in [0.05, 0.1) is 6.61 Å². The van der Waals surface area contributed by atoms with E-state index in [1.165, 1.54) is 0 Å². The van der Waals surface area contributed by atoms with E-state index < -0.39 is 0 Å². The van der Waals surface area contributed by atoms with Crippen molar-refractivity contribution in [3.63, 3.8) is 0 Å². The zero-order chi connectivity index (χ0) is 15.2. The summed E-state index contributed by atoms with van der Waals surface area (Å²) in [6, 6.07) is 6.58. The molecule has 0 radical (unpaired) electrons. The lowest BCUT2D eigenvalue weighted by Gasteiger charge is -2.30. The smallest absolute Gasteiger partial charge is 0.131 e. The second kappa shape index (κ2) is 7.48. The molecular weight excluding hydrogens is 250 g/mol. The van der Waals surface area contributed by atoms with Gasteiger partial charge in [-0.25, -0.2) is 4.98 Å². The van der Waals surface area contributed by atoms with Crippen LogP contribution in [0.3, 0.4) is 0 Å².